The van der Waals surface area contributed by atoms with Gasteiger partial charge in [-0.2, -0.15) is 0 Å². The predicted octanol–water partition coefficient (Wildman–Crippen LogP) is 2.01. The van der Waals surface area contributed by atoms with E-state index in [1.807, 2.05) is 4.90 Å². The van der Waals surface area contributed by atoms with Crippen molar-refractivity contribution in [3.63, 3.8) is 0 Å². The van der Waals surface area contributed by atoms with Crippen LogP contribution in [0.5, 0.6) is 5.75 Å². The second-order valence-electron chi connectivity index (χ2n) is 3.67. The van der Waals surface area contributed by atoms with Crippen LogP contribution in [0.25, 0.3) is 0 Å². The Morgan fingerprint density at radius 2 is 1.76 bits per heavy atom. The fraction of sp³-hybridized carbons (Fsp3) is 0.455. The minimum absolute atomic E-state index is 0.151. The third-order valence-electron chi connectivity index (χ3n) is 2.49. The van der Waals surface area contributed by atoms with Crippen LogP contribution in [0.1, 0.15) is 0 Å². The molecule has 0 aromatic heterocycles. The third kappa shape index (κ3) is 3.26. The average Bonchev–Trinajstić information content (AvgIpc) is 2.29. The number of rotatable bonds is 2. The molecule has 1 fully saturated rings. The third-order valence-corrected chi connectivity index (χ3v) is 2.49. The molecule has 0 spiro atoms. The second kappa shape index (κ2) is 4.83. The summed E-state index contributed by atoms with van der Waals surface area (Å²) in [5.74, 6) is -0.151. The quantitative estimate of drug-likeness (QED) is 0.796. The summed E-state index contributed by atoms with van der Waals surface area (Å²) in [6.07, 6.45) is -4.66. The summed E-state index contributed by atoms with van der Waals surface area (Å²) in [6, 6.07) is 6.18. The molecule has 6 heteroatoms. The van der Waals surface area contributed by atoms with Gasteiger partial charge in [0.05, 0.1) is 5.69 Å². The number of hydrogen-bond acceptors (Lipinski definition) is 2. The van der Waals surface area contributed by atoms with Crippen molar-refractivity contribution in [2.45, 2.75) is 6.36 Å². The lowest BCUT2D eigenvalue weighted by molar-refractivity contribution is -0.274. The van der Waals surface area contributed by atoms with E-state index in [4.69, 9.17) is 0 Å². The first-order valence-corrected chi connectivity index (χ1v) is 5.29. The summed E-state index contributed by atoms with van der Waals surface area (Å²) in [6.45, 7) is 2.52. The first-order valence-electron chi connectivity index (χ1n) is 5.29. The zero-order valence-electron chi connectivity index (χ0n) is 9.07. The molecule has 0 atom stereocenters. The topological polar surface area (TPSA) is 26.6 Å². The molecule has 0 aliphatic carbocycles. The van der Waals surface area contributed by atoms with Crippen LogP contribution in [0.3, 0.4) is 0 Å². The number of anilines is 1. The molecule has 1 aliphatic rings. The number of halogens is 3. The zero-order chi connectivity index (χ0) is 12.3. The van der Waals surface area contributed by atoms with E-state index in [-0.39, 0.29) is 5.75 Å². The fourth-order valence-corrected chi connectivity index (χ4v) is 1.78. The first-order chi connectivity index (χ1) is 8.06. The number of para-hydroxylation sites is 2. The van der Waals surface area contributed by atoms with Gasteiger partial charge in [0.2, 0.25) is 0 Å². The molecule has 1 aliphatic heterocycles. The van der Waals surface area contributed by atoms with Crippen molar-refractivity contribution in [2.75, 3.05) is 31.1 Å². The van der Waals surface area contributed by atoms with E-state index in [1.54, 1.807) is 12.1 Å². The highest BCUT2D eigenvalue weighted by molar-refractivity contribution is 5.58. The van der Waals surface area contributed by atoms with E-state index in [0.29, 0.717) is 31.9 Å². The molecule has 0 unspecified atom stereocenters. The van der Waals surface area contributed by atoms with E-state index in [9.17, 15) is 13.2 Å². The molecule has 0 N–H and O–H groups in total. The molecule has 1 saturated heterocycles. The number of ether oxygens (including phenoxy) is 1. The highest BCUT2D eigenvalue weighted by Gasteiger charge is 2.32. The largest absolute Gasteiger partial charge is 0.573 e. The first kappa shape index (κ1) is 12.0. The number of alkyl halides is 3. The smallest absolute Gasteiger partial charge is 0.404 e. The van der Waals surface area contributed by atoms with Gasteiger partial charge < -0.3 is 9.64 Å². The molecular formula is C11H12F3N2O. The Bertz CT molecular complexity index is 375. The Kier molecular flexibility index (Phi) is 3.42. The molecule has 1 heterocycles. The summed E-state index contributed by atoms with van der Waals surface area (Å²) >= 11 is 0. The van der Waals surface area contributed by atoms with Gasteiger partial charge in [-0.05, 0) is 12.1 Å². The Morgan fingerprint density at radius 3 is 2.41 bits per heavy atom. The van der Waals surface area contributed by atoms with Gasteiger partial charge in [-0.15, -0.1) is 13.2 Å². The Hall–Kier alpha value is -1.43. The predicted molar refractivity (Wildman–Crippen MR) is 57.2 cm³/mol. The number of hydrogen-bond donors (Lipinski definition) is 0. The number of nitrogens with zero attached hydrogens (tertiary/aromatic N) is 2. The van der Waals surface area contributed by atoms with Crippen LogP contribution in [-0.2, 0) is 0 Å². The second-order valence-corrected chi connectivity index (χ2v) is 3.67. The normalized spacial score (nSPS) is 17.0. The Balaban J connectivity index is 2.20. The molecule has 1 aromatic rings. The van der Waals surface area contributed by atoms with Gasteiger partial charge in [0.25, 0.3) is 0 Å². The summed E-state index contributed by atoms with van der Waals surface area (Å²) in [5, 5.41) is 4.15. The van der Waals surface area contributed by atoms with E-state index in [1.165, 1.54) is 12.1 Å². The molecular weight excluding hydrogens is 233 g/mol. The fourth-order valence-electron chi connectivity index (χ4n) is 1.78. The maximum absolute atomic E-state index is 12.2. The van der Waals surface area contributed by atoms with Crippen molar-refractivity contribution >= 4 is 5.69 Å². The van der Waals surface area contributed by atoms with Crippen molar-refractivity contribution < 1.29 is 17.9 Å². The molecule has 3 nitrogen and oxygen atoms in total. The van der Waals surface area contributed by atoms with Crippen LogP contribution in [0.4, 0.5) is 18.9 Å². The molecule has 93 valence electrons. The molecule has 1 aromatic carbocycles. The van der Waals surface area contributed by atoms with E-state index in [2.05, 4.69) is 10.1 Å². The van der Waals surface area contributed by atoms with Gasteiger partial charge in [0, 0.05) is 26.2 Å². The minimum Gasteiger partial charge on any atom is -0.404 e. The average molecular weight is 245 g/mol. The molecule has 17 heavy (non-hydrogen) atoms. The van der Waals surface area contributed by atoms with Crippen molar-refractivity contribution in [1.29, 1.82) is 0 Å². The van der Waals surface area contributed by atoms with Gasteiger partial charge >= 0.3 is 6.36 Å². The molecule has 0 amide bonds. The van der Waals surface area contributed by atoms with Crippen LogP contribution < -0.4 is 15.0 Å². The van der Waals surface area contributed by atoms with Gasteiger partial charge in [-0.25, -0.2) is 5.32 Å². The Morgan fingerprint density at radius 1 is 1.12 bits per heavy atom. The molecule has 0 saturated carbocycles. The van der Waals surface area contributed by atoms with E-state index >= 15 is 0 Å². The van der Waals surface area contributed by atoms with Crippen molar-refractivity contribution in [1.82, 2.24) is 5.32 Å². The van der Waals surface area contributed by atoms with E-state index < -0.39 is 6.36 Å². The van der Waals surface area contributed by atoms with Crippen molar-refractivity contribution in [2.24, 2.45) is 0 Å². The SMILES string of the molecule is FC(F)(F)Oc1ccccc1N1CC[N]CC1. The van der Waals surface area contributed by atoms with Crippen LogP contribution in [0.15, 0.2) is 24.3 Å². The van der Waals surface area contributed by atoms with Gasteiger partial charge in [0.1, 0.15) is 0 Å². The summed E-state index contributed by atoms with van der Waals surface area (Å²) < 4.78 is 40.7. The lowest BCUT2D eigenvalue weighted by Gasteiger charge is -2.30. The molecule has 1 radical (unpaired) electrons. The van der Waals surface area contributed by atoms with Gasteiger partial charge in [-0.3, -0.25) is 0 Å². The number of piperazine rings is 1. The number of benzene rings is 1. The highest BCUT2D eigenvalue weighted by atomic mass is 19.4. The summed E-state index contributed by atoms with van der Waals surface area (Å²) in [5.41, 5.74) is 0.472. The highest BCUT2D eigenvalue weighted by Crippen LogP contribution is 2.32. The van der Waals surface area contributed by atoms with Crippen LogP contribution in [-0.4, -0.2) is 32.5 Å². The van der Waals surface area contributed by atoms with E-state index in [0.717, 1.165) is 0 Å². The van der Waals surface area contributed by atoms with Crippen LogP contribution >= 0.6 is 0 Å². The zero-order valence-corrected chi connectivity index (χ0v) is 9.07. The lowest BCUT2D eigenvalue weighted by atomic mass is 10.2. The lowest BCUT2D eigenvalue weighted by Crippen LogP contribution is -2.40. The molecule has 2 rings (SSSR count). The monoisotopic (exact) mass is 245 g/mol. The van der Waals surface area contributed by atoms with Gasteiger partial charge in [0.15, 0.2) is 5.75 Å². The summed E-state index contributed by atoms with van der Waals surface area (Å²) in [4.78, 5) is 1.86. The maximum Gasteiger partial charge on any atom is 0.573 e. The summed E-state index contributed by atoms with van der Waals surface area (Å²) in [7, 11) is 0. The van der Waals surface area contributed by atoms with Gasteiger partial charge in [-0.1, -0.05) is 12.1 Å². The minimum atomic E-state index is -4.66. The van der Waals surface area contributed by atoms with Crippen molar-refractivity contribution in [3.8, 4) is 5.75 Å². The Labute approximate surface area is 97.2 Å². The van der Waals surface area contributed by atoms with Crippen LogP contribution in [0.2, 0.25) is 0 Å². The molecule has 0 bridgehead atoms. The van der Waals surface area contributed by atoms with Crippen molar-refractivity contribution in [3.05, 3.63) is 24.3 Å². The standard InChI is InChI=1S/C11H12F3N2O/c12-11(13,14)17-10-4-2-1-3-9(10)16-7-5-15-6-8-16/h1-4H,5-8H2. The van der Waals surface area contributed by atoms with Crippen LogP contribution in [0, 0.1) is 0 Å². The maximum atomic E-state index is 12.2.